The molecule has 0 spiro atoms. The second-order valence-electron chi connectivity index (χ2n) is 7.27. The van der Waals surface area contributed by atoms with Crippen molar-refractivity contribution in [2.24, 2.45) is 5.41 Å². The Morgan fingerprint density at radius 2 is 1.89 bits per heavy atom. The Hall–Kier alpha value is -2.86. The standard InChI is InChI=1S/C22H25NO5/c1-15-17(9-6-10-18(15)28-2)20(25)23-12-11-22(21(26)27,19(24)14-23)13-16-7-4-3-5-8-16/h3-10,19,24H,11-14H2,1-2H3,(H,26,27)/t19-,22-/m1/s1. The maximum atomic E-state index is 13.0. The molecule has 1 amide bonds. The first-order valence-corrected chi connectivity index (χ1v) is 9.27. The highest BCUT2D eigenvalue weighted by atomic mass is 16.5. The van der Waals surface area contributed by atoms with Gasteiger partial charge in [0.25, 0.3) is 5.91 Å². The summed E-state index contributed by atoms with van der Waals surface area (Å²) in [6.45, 7) is 2.06. The van der Waals surface area contributed by atoms with Gasteiger partial charge in [0.1, 0.15) is 11.2 Å². The number of aliphatic carboxylic acids is 1. The fourth-order valence-electron chi connectivity index (χ4n) is 3.89. The van der Waals surface area contributed by atoms with Crippen molar-refractivity contribution in [3.8, 4) is 5.75 Å². The molecule has 0 aliphatic carbocycles. The Morgan fingerprint density at radius 3 is 2.50 bits per heavy atom. The van der Waals surface area contributed by atoms with Crippen LogP contribution in [0, 0.1) is 12.3 Å². The van der Waals surface area contributed by atoms with E-state index in [1.54, 1.807) is 25.3 Å². The second kappa shape index (κ2) is 8.02. The lowest BCUT2D eigenvalue weighted by atomic mass is 9.71. The Kier molecular flexibility index (Phi) is 5.70. The van der Waals surface area contributed by atoms with Crippen LogP contribution in [0.1, 0.15) is 27.9 Å². The Balaban J connectivity index is 1.82. The van der Waals surface area contributed by atoms with E-state index < -0.39 is 17.5 Å². The van der Waals surface area contributed by atoms with Crippen LogP contribution >= 0.6 is 0 Å². The number of rotatable bonds is 5. The molecule has 3 rings (SSSR count). The van der Waals surface area contributed by atoms with Crippen LogP contribution in [0.5, 0.6) is 5.75 Å². The maximum absolute atomic E-state index is 13.0. The molecular weight excluding hydrogens is 358 g/mol. The van der Waals surface area contributed by atoms with Crippen LogP contribution in [0.4, 0.5) is 0 Å². The summed E-state index contributed by atoms with van der Waals surface area (Å²) in [5.74, 6) is -0.643. The Bertz CT molecular complexity index is 866. The summed E-state index contributed by atoms with van der Waals surface area (Å²) in [5.41, 5.74) is 0.773. The molecule has 0 bridgehead atoms. The Labute approximate surface area is 164 Å². The summed E-state index contributed by atoms with van der Waals surface area (Å²) in [4.78, 5) is 26.6. The van der Waals surface area contributed by atoms with Crippen LogP contribution in [0.15, 0.2) is 48.5 Å². The minimum Gasteiger partial charge on any atom is -0.496 e. The van der Waals surface area contributed by atoms with Gasteiger partial charge in [0.2, 0.25) is 0 Å². The molecule has 2 N–H and O–H groups in total. The van der Waals surface area contributed by atoms with Crippen molar-refractivity contribution in [3.63, 3.8) is 0 Å². The van der Waals surface area contributed by atoms with Gasteiger partial charge >= 0.3 is 5.97 Å². The van der Waals surface area contributed by atoms with Crippen molar-refractivity contribution in [2.45, 2.75) is 25.9 Å². The monoisotopic (exact) mass is 383 g/mol. The van der Waals surface area contributed by atoms with Gasteiger partial charge in [-0.05, 0) is 37.5 Å². The van der Waals surface area contributed by atoms with Gasteiger partial charge < -0.3 is 19.8 Å². The fraction of sp³-hybridized carbons (Fsp3) is 0.364. The molecule has 28 heavy (non-hydrogen) atoms. The average molecular weight is 383 g/mol. The van der Waals surface area contributed by atoms with E-state index in [2.05, 4.69) is 0 Å². The number of amides is 1. The number of ether oxygens (including phenoxy) is 1. The SMILES string of the molecule is COc1cccc(C(=O)N2CC[C@](Cc3ccccc3)(C(=O)O)[C@H](O)C2)c1C. The lowest BCUT2D eigenvalue weighted by molar-refractivity contribution is -0.161. The molecular formula is C22H25NO5. The minimum atomic E-state index is -1.30. The van der Waals surface area contributed by atoms with Crippen LogP contribution in [0.2, 0.25) is 0 Å². The van der Waals surface area contributed by atoms with Gasteiger partial charge in [0, 0.05) is 24.2 Å². The van der Waals surface area contributed by atoms with Crippen molar-refractivity contribution in [1.82, 2.24) is 4.90 Å². The van der Waals surface area contributed by atoms with E-state index in [1.807, 2.05) is 37.3 Å². The normalized spacial score (nSPS) is 22.0. The van der Waals surface area contributed by atoms with Crippen LogP contribution in [0.25, 0.3) is 0 Å². The summed E-state index contributed by atoms with van der Waals surface area (Å²) in [6, 6.07) is 14.5. The predicted octanol–water partition coefficient (Wildman–Crippen LogP) is 2.52. The van der Waals surface area contributed by atoms with E-state index in [0.29, 0.717) is 11.3 Å². The molecule has 6 heteroatoms. The largest absolute Gasteiger partial charge is 0.496 e. The number of aliphatic hydroxyl groups excluding tert-OH is 1. The number of carbonyl (C=O) groups excluding carboxylic acids is 1. The van der Waals surface area contributed by atoms with Gasteiger partial charge in [0.05, 0.1) is 13.2 Å². The summed E-state index contributed by atoms with van der Waals surface area (Å²) in [6.07, 6.45) is -0.744. The van der Waals surface area contributed by atoms with Crippen molar-refractivity contribution < 1.29 is 24.5 Å². The second-order valence-corrected chi connectivity index (χ2v) is 7.27. The van der Waals surface area contributed by atoms with Crippen LogP contribution < -0.4 is 4.74 Å². The van der Waals surface area contributed by atoms with E-state index in [1.165, 1.54) is 4.90 Å². The zero-order valence-electron chi connectivity index (χ0n) is 16.1. The molecule has 2 atom stereocenters. The first-order chi connectivity index (χ1) is 13.4. The van der Waals surface area contributed by atoms with Crippen LogP contribution in [-0.4, -0.2) is 53.3 Å². The molecule has 1 aliphatic rings. The first-order valence-electron chi connectivity index (χ1n) is 9.27. The minimum absolute atomic E-state index is 0.0192. The lowest BCUT2D eigenvalue weighted by Crippen LogP contribution is -2.57. The number of carbonyl (C=O) groups is 2. The summed E-state index contributed by atoms with van der Waals surface area (Å²) in [5, 5.41) is 20.7. The molecule has 0 aromatic heterocycles. The van der Waals surface area contributed by atoms with Crippen LogP contribution in [0.3, 0.4) is 0 Å². The van der Waals surface area contributed by atoms with E-state index in [4.69, 9.17) is 4.74 Å². The number of hydrogen-bond acceptors (Lipinski definition) is 4. The van der Waals surface area contributed by atoms with Gasteiger partial charge in [-0.1, -0.05) is 36.4 Å². The highest BCUT2D eigenvalue weighted by molar-refractivity contribution is 5.96. The van der Waals surface area contributed by atoms with Crippen molar-refractivity contribution in [3.05, 3.63) is 65.2 Å². The van der Waals surface area contributed by atoms with E-state index in [0.717, 1.165) is 11.1 Å². The fourth-order valence-corrected chi connectivity index (χ4v) is 3.89. The summed E-state index contributed by atoms with van der Waals surface area (Å²) < 4.78 is 5.28. The average Bonchev–Trinajstić information content (AvgIpc) is 2.70. The molecule has 0 saturated carbocycles. The number of aliphatic hydroxyl groups is 1. The molecule has 2 aromatic carbocycles. The van der Waals surface area contributed by atoms with Gasteiger partial charge in [-0.3, -0.25) is 9.59 Å². The third kappa shape index (κ3) is 3.60. The number of hydrogen-bond donors (Lipinski definition) is 2. The quantitative estimate of drug-likeness (QED) is 0.829. The highest BCUT2D eigenvalue weighted by Gasteiger charge is 2.49. The maximum Gasteiger partial charge on any atom is 0.312 e. The van der Waals surface area contributed by atoms with Crippen molar-refractivity contribution in [1.29, 1.82) is 0 Å². The zero-order valence-corrected chi connectivity index (χ0v) is 16.1. The van der Waals surface area contributed by atoms with Gasteiger partial charge in [-0.25, -0.2) is 0 Å². The van der Waals surface area contributed by atoms with Crippen molar-refractivity contribution >= 4 is 11.9 Å². The highest BCUT2D eigenvalue weighted by Crippen LogP contribution is 2.37. The third-order valence-electron chi connectivity index (χ3n) is 5.67. The molecule has 148 valence electrons. The molecule has 0 radical (unpaired) electrons. The van der Waals surface area contributed by atoms with E-state index >= 15 is 0 Å². The third-order valence-corrected chi connectivity index (χ3v) is 5.67. The number of methoxy groups -OCH3 is 1. The first kappa shape index (κ1) is 19.9. The number of carboxylic acid groups (broad SMARTS) is 1. The van der Waals surface area contributed by atoms with E-state index in [9.17, 15) is 19.8 Å². The summed E-state index contributed by atoms with van der Waals surface area (Å²) >= 11 is 0. The smallest absolute Gasteiger partial charge is 0.312 e. The molecule has 1 heterocycles. The van der Waals surface area contributed by atoms with Gasteiger partial charge in [-0.2, -0.15) is 0 Å². The van der Waals surface area contributed by atoms with E-state index in [-0.39, 0.29) is 31.8 Å². The number of carboxylic acids is 1. The number of benzene rings is 2. The van der Waals surface area contributed by atoms with Crippen molar-refractivity contribution in [2.75, 3.05) is 20.2 Å². The summed E-state index contributed by atoms with van der Waals surface area (Å²) in [7, 11) is 1.55. The molecule has 6 nitrogen and oxygen atoms in total. The predicted molar refractivity (Wildman–Crippen MR) is 104 cm³/mol. The molecule has 1 saturated heterocycles. The zero-order chi connectivity index (χ0) is 20.3. The van der Waals surface area contributed by atoms with Gasteiger partial charge in [-0.15, -0.1) is 0 Å². The van der Waals surface area contributed by atoms with Crippen LogP contribution in [-0.2, 0) is 11.2 Å². The topological polar surface area (TPSA) is 87.1 Å². The van der Waals surface area contributed by atoms with Gasteiger partial charge in [0.15, 0.2) is 0 Å². The Morgan fingerprint density at radius 1 is 1.18 bits per heavy atom. The molecule has 2 aromatic rings. The molecule has 0 unspecified atom stereocenters. The molecule has 1 aliphatic heterocycles. The number of β-amino-alcohol motifs (C(OH)–C–C–N with tert-alkyl or cyclic N) is 1. The molecule has 1 fully saturated rings. The number of piperidine rings is 1. The lowest BCUT2D eigenvalue weighted by Gasteiger charge is -2.43. The number of likely N-dealkylation sites (tertiary alicyclic amines) is 1. The number of nitrogens with zero attached hydrogens (tertiary/aromatic N) is 1.